The van der Waals surface area contributed by atoms with Crippen molar-refractivity contribution in [2.45, 2.75) is 103 Å². The summed E-state index contributed by atoms with van der Waals surface area (Å²) in [5.41, 5.74) is 2.44. The Morgan fingerprint density at radius 3 is 1.97 bits per heavy atom. The molecule has 0 aliphatic heterocycles. The molecule has 6 heteroatoms. The van der Waals surface area contributed by atoms with E-state index < -0.39 is 0 Å². The number of nitrogens with one attached hydrogen (secondary N) is 1. The van der Waals surface area contributed by atoms with Crippen LogP contribution in [0.25, 0.3) is 0 Å². The van der Waals surface area contributed by atoms with Crippen molar-refractivity contribution >= 4 is 5.97 Å². The lowest BCUT2D eigenvalue weighted by atomic mass is 10.1. The van der Waals surface area contributed by atoms with Gasteiger partial charge in [0.15, 0.2) is 0 Å². The van der Waals surface area contributed by atoms with Crippen molar-refractivity contribution in [3.63, 3.8) is 0 Å². The van der Waals surface area contributed by atoms with Crippen LogP contribution in [0.2, 0.25) is 0 Å². The summed E-state index contributed by atoms with van der Waals surface area (Å²) in [6.45, 7) is 4.48. The van der Waals surface area contributed by atoms with E-state index in [0.29, 0.717) is 32.7 Å². The van der Waals surface area contributed by atoms with E-state index in [1.54, 1.807) is 0 Å². The molecule has 1 N–H and O–H groups in total. The standard InChI is InChI=1S/C25H50N2O4/c1-4-5-6-7-8-9-10-11-12-13-14-15-16-17-18-20-25(28)29-22-19-23-30-26-31-24-21-27(2)3/h11-12,26H,4-10,13-24H2,1-3H3/b12-11-. The first-order chi connectivity index (χ1) is 15.2. The maximum Gasteiger partial charge on any atom is 0.305 e. The molecule has 0 radical (unpaired) electrons. The van der Waals surface area contributed by atoms with Crippen molar-refractivity contribution in [3.8, 4) is 0 Å². The number of hydrogen-bond donors (Lipinski definition) is 1. The molecule has 0 bridgehead atoms. The van der Waals surface area contributed by atoms with Gasteiger partial charge in [-0.15, -0.1) is 0 Å². The van der Waals surface area contributed by atoms with Crippen LogP contribution in [-0.2, 0) is 19.2 Å². The van der Waals surface area contributed by atoms with Gasteiger partial charge in [0, 0.05) is 19.4 Å². The molecule has 0 aliphatic carbocycles. The van der Waals surface area contributed by atoms with Crippen LogP contribution in [-0.4, -0.2) is 51.3 Å². The number of allylic oxidation sites excluding steroid dienone is 2. The summed E-state index contributed by atoms with van der Waals surface area (Å²) >= 11 is 0. The van der Waals surface area contributed by atoms with Gasteiger partial charge in [0.2, 0.25) is 0 Å². The zero-order valence-corrected chi connectivity index (χ0v) is 20.7. The molecule has 0 spiro atoms. The molecule has 0 unspecified atom stereocenters. The monoisotopic (exact) mass is 442 g/mol. The van der Waals surface area contributed by atoms with Gasteiger partial charge in [-0.1, -0.05) is 76.1 Å². The maximum absolute atomic E-state index is 11.7. The van der Waals surface area contributed by atoms with Crippen LogP contribution in [0.5, 0.6) is 0 Å². The topological polar surface area (TPSA) is 60.0 Å². The van der Waals surface area contributed by atoms with E-state index in [-0.39, 0.29) is 5.97 Å². The van der Waals surface area contributed by atoms with Gasteiger partial charge in [-0.3, -0.25) is 14.5 Å². The summed E-state index contributed by atoms with van der Waals surface area (Å²) in [4.78, 5) is 23.9. The molecule has 0 aliphatic rings. The molecule has 0 fully saturated rings. The lowest BCUT2D eigenvalue weighted by Crippen LogP contribution is -2.24. The second kappa shape index (κ2) is 25.3. The number of hydrogen-bond acceptors (Lipinski definition) is 6. The van der Waals surface area contributed by atoms with Gasteiger partial charge in [0.25, 0.3) is 0 Å². The normalized spacial score (nSPS) is 11.6. The fourth-order valence-corrected chi connectivity index (χ4v) is 3.08. The molecule has 184 valence electrons. The number of unbranched alkanes of at least 4 members (excludes halogenated alkanes) is 11. The molecule has 0 rings (SSSR count). The largest absolute Gasteiger partial charge is 0.466 e. The average Bonchev–Trinajstić information content (AvgIpc) is 2.75. The van der Waals surface area contributed by atoms with Crippen molar-refractivity contribution in [2.75, 3.05) is 40.5 Å². The average molecular weight is 443 g/mol. The van der Waals surface area contributed by atoms with Gasteiger partial charge in [-0.05, 0) is 46.2 Å². The Morgan fingerprint density at radius 1 is 0.742 bits per heavy atom. The van der Waals surface area contributed by atoms with Crippen molar-refractivity contribution < 1.29 is 19.2 Å². The third-order valence-electron chi connectivity index (χ3n) is 5.05. The fraction of sp³-hybridized carbons (Fsp3) is 0.880. The van der Waals surface area contributed by atoms with Crippen LogP contribution in [0.4, 0.5) is 0 Å². The zero-order chi connectivity index (χ0) is 22.8. The lowest BCUT2D eigenvalue weighted by Gasteiger charge is -2.10. The second-order valence-corrected chi connectivity index (χ2v) is 8.49. The Kier molecular flexibility index (Phi) is 24.5. The third kappa shape index (κ3) is 27.0. The third-order valence-corrected chi connectivity index (χ3v) is 5.05. The molecule has 0 amide bonds. The van der Waals surface area contributed by atoms with Crippen molar-refractivity contribution in [2.24, 2.45) is 0 Å². The smallest absolute Gasteiger partial charge is 0.305 e. The van der Waals surface area contributed by atoms with E-state index in [2.05, 4.69) is 24.7 Å². The van der Waals surface area contributed by atoms with Crippen molar-refractivity contribution in [1.29, 1.82) is 0 Å². The van der Waals surface area contributed by atoms with Gasteiger partial charge in [0.1, 0.15) is 0 Å². The predicted molar refractivity (Wildman–Crippen MR) is 129 cm³/mol. The second-order valence-electron chi connectivity index (χ2n) is 8.49. The number of nitrogens with zero attached hydrogens (tertiary/aromatic N) is 1. The van der Waals surface area contributed by atoms with Crippen LogP contribution in [0, 0.1) is 0 Å². The van der Waals surface area contributed by atoms with Crippen molar-refractivity contribution in [1.82, 2.24) is 10.5 Å². The summed E-state index contributed by atoms with van der Waals surface area (Å²) in [7, 11) is 3.96. The summed E-state index contributed by atoms with van der Waals surface area (Å²) in [6, 6.07) is 0. The van der Waals surface area contributed by atoms with Crippen LogP contribution in [0.3, 0.4) is 0 Å². The van der Waals surface area contributed by atoms with E-state index in [0.717, 1.165) is 19.4 Å². The molecule has 0 aromatic carbocycles. The Labute approximate surface area is 192 Å². The highest BCUT2D eigenvalue weighted by Crippen LogP contribution is 2.10. The fourth-order valence-electron chi connectivity index (χ4n) is 3.08. The van der Waals surface area contributed by atoms with Gasteiger partial charge in [-0.25, -0.2) is 0 Å². The Balaban J connectivity index is 3.21. The van der Waals surface area contributed by atoms with E-state index >= 15 is 0 Å². The molecule has 0 aromatic rings. The van der Waals surface area contributed by atoms with E-state index in [4.69, 9.17) is 14.4 Å². The molecular formula is C25H50N2O4. The number of ether oxygens (including phenoxy) is 1. The highest BCUT2D eigenvalue weighted by molar-refractivity contribution is 5.69. The Hall–Kier alpha value is -0.950. The summed E-state index contributed by atoms with van der Waals surface area (Å²) in [5.74, 6) is -0.104. The van der Waals surface area contributed by atoms with E-state index in [1.165, 1.54) is 70.6 Å². The first-order valence-electron chi connectivity index (χ1n) is 12.6. The van der Waals surface area contributed by atoms with Gasteiger partial charge in [0.05, 0.1) is 19.8 Å². The van der Waals surface area contributed by atoms with E-state index in [1.807, 2.05) is 19.0 Å². The molecule has 0 atom stereocenters. The van der Waals surface area contributed by atoms with E-state index in [9.17, 15) is 4.79 Å². The molecule has 0 aromatic heterocycles. The first-order valence-corrected chi connectivity index (χ1v) is 12.6. The SMILES string of the molecule is CCCCCCCC/C=C\CCCCCCCC(=O)OCCCONOCCN(C)C. The molecule has 31 heavy (non-hydrogen) atoms. The summed E-state index contributed by atoms with van der Waals surface area (Å²) in [6.07, 6.45) is 22.3. The Bertz CT molecular complexity index is 403. The molecule has 0 heterocycles. The highest BCUT2D eigenvalue weighted by atomic mass is 16.9. The van der Waals surface area contributed by atoms with Crippen LogP contribution < -0.4 is 5.64 Å². The minimum Gasteiger partial charge on any atom is -0.466 e. The summed E-state index contributed by atoms with van der Waals surface area (Å²) < 4.78 is 5.22. The number of likely N-dealkylation sites (N-methyl/N-ethyl adjacent to an activating group) is 1. The maximum atomic E-state index is 11.7. The Morgan fingerprint density at radius 2 is 1.32 bits per heavy atom. The molecular weight excluding hydrogens is 392 g/mol. The minimum absolute atomic E-state index is 0.104. The van der Waals surface area contributed by atoms with Gasteiger partial charge in [-0.2, -0.15) is 0 Å². The lowest BCUT2D eigenvalue weighted by molar-refractivity contribution is -0.174. The van der Waals surface area contributed by atoms with Crippen LogP contribution >= 0.6 is 0 Å². The summed E-state index contributed by atoms with van der Waals surface area (Å²) in [5, 5.41) is 0. The zero-order valence-electron chi connectivity index (χ0n) is 20.7. The van der Waals surface area contributed by atoms with Crippen LogP contribution in [0.15, 0.2) is 12.2 Å². The molecule has 6 nitrogen and oxygen atoms in total. The predicted octanol–water partition coefficient (Wildman–Crippen LogP) is 5.97. The molecule has 0 saturated heterocycles. The number of carbonyl (C=O) groups excluding carboxylic acids is 1. The number of rotatable bonds is 24. The van der Waals surface area contributed by atoms with Crippen LogP contribution in [0.1, 0.15) is 103 Å². The minimum atomic E-state index is -0.104. The van der Waals surface area contributed by atoms with Crippen molar-refractivity contribution in [3.05, 3.63) is 12.2 Å². The highest BCUT2D eigenvalue weighted by Gasteiger charge is 2.02. The number of esters is 1. The van der Waals surface area contributed by atoms with Gasteiger partial charge >= 0.3 is 5.97 Å². The van der Waals surface area contributed by atoms with Gasteiger partial charge < -0.3 is 9.64 Å². The first kappa shape index (κ1) is 30.0. The quantitative estimate of drug-likeness (QED) is 0.0860. The number of carbonyl (C=O) groups is 1. The molecule has 0 saturated carbocycles.